The maximum atomic E-state index is 10.3. The molecule has 0 aromatic rings. The highest BCUT2D eigenvalue weighted by molar-refractivity contribution is 5.03. The molecule has 6 unspecified atom stereocenters. The van der Waals surface area contributed by atoms with Crippen molar-refractivity contribution in [3.05, 3.63) is 0 Å². The van der Waals surface area contributed by atoms with Crippen LogP contribution in [0.5, 0.6) is 0 Å². The largest absolute Gasteiger partial charge is 0.393 e. The van der Waals surface area contributed by atoms with Gasteiger partial charge in [-0.2, -0.15) is 0 Å². The van der Waals surface area contributed by atoms with Gasteiger partial charge in [-0.3, -0.25) is 0 Å². The highest BCUT2D eigenvalue weighted by Crippen LogP contribution is 2.55. The molecule has 0 amide bonds. The lowest BCUT2D eigenvalue weighted by atomic mass is 9.59. The average Bonchev–Trinajstić information content (AvgIpc) is 2.16. The number of aliphatic hydroxyl groups is 2. The van der Waals surface area contributed by atoms with E-state index >= 15 is 0 Å². The third kappa shape index (κ3) is 0.980. The first-order valence-corrected chi connectivity index (χ1v) is 5.70. The molecule has 4 bridgehead atoms. The van der Waals surface area contributed by atoms with E-state index in [9.17, 15) is 10.2 Å². The number of ether oxygens (including phenoxy) is 1. The summed E-state index contributed by atoms with van der Waals surface area (Å²) in [5.74, 6) is -0.0947. The lowest BCUT2D eigenvalue weighted by Crippen LogP contribution is -2.64. The number of hydrogen-bond donors (Lipinski definition) is 2. The van der Waals surface area contributed by atoms with Gasteiger partial charge < -0.3 is 14.9 Å². The normalized spacial score (nSPS) is 61.5. The summed E-state index contributed by atoms with van der Waals surface area (Å²) in [6.07, 6.45) is 3.51. The van der Waals surface area contributed by atoms with E-state index in [0.717, 1.165) is 25.7 Å². The topological polar surface area (TPSA) is 49.7 Å². The molecule has 0 radical (unpaired) electrons. The van der Waals surface area contributed by atoms with Gasteiger partial charge in [0.15, 0.2) is 5.79 Å². The second-order valence-corrected chi connectivity index (χ2v) is 5.21. The number of fused-ring (bicyclic) bond motifs is 1. The molecule has 2 aliphatic carbocycles. The van der Waals surface area contributed by atoms with Gasteiger partial charge in [-0.1, -0.05) is 6.92 Å². The molecule has 14 heavy (non-hydrogen) atoms. The third-order valence-electron chi connectivity index (χ3n) is 4.64. The molecule has 2 saturated heterocycles. The van der Waals surface area contributed by atoms with E-state index in [1.807, 2.05) is 6.92 Å². The van der Waals surface area contributed by atoms with Crippen molar-refractivity contribution in [2.75, 3.05) is 0 Å². The minimum Gasteiger partial charge on any atom is -0.393 e. The molecule has 4 aliphatic rings. The van der Waals surface area contributed by atoms with Crippen molar-refractivity contribution in [2.45, 2.75) is 50.6 Å². The fourth-order valence-electron chi connectivity index (χ4n) is 3.83. The zero-order chi connectivity index (χ0) is 9.92. The van der Waals surface area contributed by atoms with Gasteiger partial charge in [0.25, 0.3) is 0 Å². The van der Waals surface area contributed by atoms with E-state index in [1.165, 1.54) is 0 Å². The van der Waals surface area contributed by atoms with Gasteiger partial charge in [-0.15, -0.1) is 0 Å². The van der Waals surface area contributed by atoms with Crippen LogP contribution in [0.1, 0.15) is 32.6 Å². The molecule has 0 spiro atoms. The summed E-state index contributed by atoms with van der Waals surface area (Å²) in [5.41, 5.74) is 0. The van der Waals surface area contributed by atoms with E-state index in [1.54, 1.807) is 0 Å². The Morgan fingerprint density at radius 1 is 1.29 bits per heavy atom. The van der Waals surface area contributed by atoms with Crippen LogP contribution in [-0.4, -0.2) is 28.2 Å². The lowest BCUT2D eigenvalue weighted by molar-refractivity contribution is -0.360. The minimum absolute atomic E-state index is 0.0906. The third-order valence-corrected chi connectivity index (χ3v) is 4.64. The molecule has 2 saturated carbocycles. The summed E-state index contributed by atoms with van der Waals surface area (Å²) in [6.45, 7) is 2.02. The van der Waals surface area contributed by atoms with Crippen molar-refractivity contribution in [1.29, 1.82) is 0 Å². The van der Waals surface area contributed by atoms with Gasteiger partial charge in [0.1, 0.15) is 0 Å². The molecule has 2 heterocycles. The lowest BCUT2D eigenvalue weighted by Gasteiger charge is -2.59. The van der Waals surface area contributed by atoms with Gasteiger partial charge in [0.05, 0.1) is 12.2 Å². The van der Waals surface area contributed by atoms with Gasteiger partial charge in [-0.25, -0.2) is 0 Å². The Hall–Kier alpha value is -0.120. The monoisotopic (exact) mass is 198 g/mol. The van der Waals surface area contributed by atoms with Crippen LogP contribution < -0.4 is 0 Å². The van der Waals surface area contributed by atoms with Gasteiger partial charge in [-0.05, 0) is 31.1 Å². The van der Waals surface area contributed by atoms with Gasteiger partial charge in [0, 0.05) is 12.3 Å². The Bertz CT molecular complexity index is 253. The Morgan fingerprint density at radius 3 is 2.86 bits per heavy atom. The van der Waals surface area contributed by atoms with Crippen LogP contribution >= 0.6 is 0 Å². The average molecular weight is 198 g/mol. The molecule has 80 valence electrons. The van der Waals surface area contributed by atoms with Crippen molar-refractivity contribution in [3.63, 3.8) is 0 Å². The Morgan fingerprint density at radius 2 is 2.07 bits per heavy atom. The molecule has 6 atom stereocenters. The quantitative estimate of drug-likeness (QED) is 0.608. The molecule has 4 fully saturated rings. The van der Waals surface area contributed by atoms with Crippen LogP contribution in [0.15, 0.2) is 0 Å². The minimum atomic E-state index is -0.939. The summed E-state index contributed by atoms with van der Waals surface area (Å²) in [6, 6.07) is 0. The standard InChI is InChI=1S/C11H18O3/c1-6-10-7-4-5-11(6,13)14-9(7)3-2-8(10)12/h6-10,12-13H,2-5H2,1H3. The van der Waals surface area contributed by atoms with E-state index in [0.29, 0.717) is 5.92 Å². The highest BCUT2D eigenvalue weighted by Gasteiger charge is 2.59. The number of aliphatic hydroxyl groups excluding tert-OH is 1. The highest BCUT2D eigenvalue weighted by atomic mass is 16.6. The fraction of sp³-hybridized carbons (Fsp3) is 1.00. The first-order valence-electron chi connectivity index (χ1n) is 5.70. The predicted octanol–water partition coefficient (Wildman–Crippen LogP) is 0.891. The second-order valence-electron chi connectivity index (χ2n) is 5.21. The van der Waals surface area contributed by atoms with E-state index in [4.69, 9.17) is 4.74 Å². The second kappa shape index (κ2) is 2.71. The van der Waals surface area contributed by atoms with E-state index < -0.39 is 5.79 Å². The molecule has 3 heteroatoms. The molecule has 4 rings (SSSR count). The Labute approximate surface area is 84.1 Å². The fourth-order valence-corrected chi connectivity index (χ4v) is 3.83. The zero-order valence-electron chi connectivity index (χ0n) is 8.52. The van der Waals surface area contributed by atoms with Crippen molar-refractivity contribution in [1.82, 2.24) is 0 Å². The summed E-state index contributed by atoms with van der Waals surface area (Å²) >= 11 is 0. The van der Waals surface area contributed by atoms with Crippen molar-refractivity contribution in [2.24, 2.45) is 17.8 Å². The van der Waals surface area contributed by atoms with Crippen LogP contribution in [0.2, 0.25) is 0 Å². The van der Waals surface area contributed by atoms with Gasteiger partial charge >= 0.3 is 0 Å². The molecule has 2 aliphatic heterocycles. The maximum absolute atomic E-state index is 10.3. The van der Waals surface area contributed by atoms with Crippen LogP contribution in [0.25, 0.3) is 0 Å². The molecular formula is C11H18O3. The Kier molecular flexibility index (Phi) is 1.77. The molecule has 0 aromatic carbocycles. The number of rotatable bonds is 0. The Balaban J connectivity index is 1.98. The SMILES string of the molecule is CC1C2C(O)CCC3OC1(O)CCC32. The summed E-state index contributed by atoms with van der Waals surface area (Å²) < 4.78 is 5.75. The molecule has 0 aromatic heterocycles. The first-order chi connectivity index (χ1) is 6.62. The summed E-state index contributed by atoms with van der Waals surface area (Å²) in [4.78, 5) is 0. The number of hydrogen-bond acceptors (Lipinski definition) is 3. The van der Waals surface area contributed by atoms with Crippen LogP contribution in [0.4, 0.5) is 0 Å². The van der Waals surface area contributed by atoms with Gasteiger partial charge in [0.2, 0.25) is 0 Å². The molecule has 3 nitrogen and oxygen atoms in total. The van der Waals surface area contributed by atoms with Crippen molar-refractivity contribution in [3.8, 4) is 0 Å². The van der Waals surface area contributed by atoms with Crippen molar-refractivity contribution >= 4 is 0 Å². The first kappa shape index (κ1) is 9.13. The van der Waals surface area contributed by atoms with Crippen LogP contribution in [0, 0.1) is 17.8 Å². The van der Waals surface area contributed by atoms with Crippen LogP contribution in [0.3, 0.4) is 0 Å². The zero-order valence-corrected chi connectivity index (χ0v) is 8.52. The van der Waals surface area contributed by atoms with Crippen LogP contribution in [-0.2, 0) is 4.74 Å². The molecule has 2 N–H and O–H groups in total. The van der Waals surface area contributed by atoms with E-state index in [2.05, 4.69) is 0 Å². The van der Waals surface area contributed by atoms with Crippen molar-refractivity contribution < 1.29 is 14.9 Å². The predicted molar refractivity (Wildman–Crippen MR) is 50.4 cm³/mol. The summed E-state index contributed by atoms with van der Waals surface area (Å²) in [7, 11) is 0. The smallest absolute Gasteiger partial charge is 0.168 e. The summed E-state index contributed by atoms with van der Waals surface area (Å²) in [5, 5.41) is 20.2. The molecular weight excluding hydrogens is 180 g/mol. The van der Waals surface area contributed by atoms with E-state index in [-0.39, 0.29) is 24.0 Å². The maximum Gasteiger partial charge on any atom is 0.168 e.